The number of esters is 1. The van der Waals surface area contributed by atoms with Gasteiger partial charge in [0, 0.05) is 11.6 Å². The fourth-order valence-electron chi connectivity index (χ4n) is 4.38. The van der Waals surface area contributed by atoms with Crippen LogP contribution in [-0.2, 0) is 40.2 Å². The first-order valence-corrected chi connectivity index (χ1v) is 15.5. The van der Waals surface area contributed by atoms with E-state index in [1.807, 2.05) is 30.3 Å². The van der Waals surface area contributed by atoms with Crippen LogP contribution in [0.5, 0.6) is 5.75 Å². The largest absolute Gasteiger partial charge is 0.462 e. The van der Waals surface area contributed by atoms with E-state index >= 15 is 0 Å². The maximum absolute atomic E-state index is 12.6. The Balaban J connectivity index is 1.59. The number of amides is 1. The van der Waals surface area contributed by atoms with E-state index in [-0.39, 0.29) is 6.10 Å². The molecule has 11 nitrogen and oxygen atoms in total. The number of allylic oxidation sites excluding steroid dienone is 1. The molecule has 4 rings (SSSR count). The number of hydrogen-bond donors (Lipinski definition) is 3. The molecular weight excluding hydrogens is 571 g/mol. The summed E-state index contributed by atoms with van der Waals surface area (Å²) in [5.74, 6) is 0.841. The van der Waals surface area contributed by atoms with Crippen molar-refractivity contribution in [1.29, 1.82) is 0 Å². The second-order valence-electron chi connectivity index (χ2n) is 9.90. The van der Waals surface area contributed by atoms with Gasteiger partial charge in [0.1, 0.15) is 24.0 Å². The molecule has 0 aromatic heterocycles. The lowest BCUT2D eigenvalue weighted by Crippen LogP contribution is -2.55. The lowest BCUT2D eigenvalue weighted by atomic mass is 9.94. The van der Waals surface area contributed by atoms with E-state index in [2.05, 4.69) is 11.0 Å². The highest BCUT2D eigenvalue weighted by Crippen LogP contribution is 2.48. The van der Waals surface area contributed by atoms with Crippen LogP contribution in [0.25, 0.3) is 10.8 Å². The first-order chi connectivity index (χ1) is 19.4. The van der Waals surface area contributed by atoms with Gasteiger partial charge < -0.3 is 28.7 Å². The minimum absolute atomic E-state index is 0.369. The molecule has 0 aliphatic carbocycles. The highest BCUT2D eigenvalue weighted by molar-refractivity contribution is 8.09. The lowest BCUT2D eigenvalue weighted by Gasteiger charge is -2.33. The number of benzene rings is 2. The van der Waals surface area contributed by atoms with Crippen LogP contribution in [-0.4, -0.2) is 75.6 Å². The molecule has 2 aromatic rings. The Hall–Kier alpha value is -3.14. The number of nitrogens with one attached hydrogen (secondary N) is 1. The Morgan fingerprint density at radius 3 is 2.66 bits per heavy atom. The normalized spacial score (nSPS) is 26.6. The standard InChI is InChI=1S/C28H31N2O9PS/c1-5-28(35)25(33)23(38-27(28)30-14-13-20(31)15-24(30)32)16-36-40(41,29-18(4)26(34)37-17(2)3)39-22-12-8-10-19-9-6-7-11-21(19)22/h1,6-14,17-18,23,25,27,33,35H,15-16H2,2-4H3,(H,29,41)/t18-,23+,25+,27+,28+,40?/m0/s1. The molecule has 1 amide bonds. The maximum atomic E-state index is 12.6. The molecule has 3 N–H and O–H groups in total. The van der Waals surface area contributed by atoms with Gasteiger partial charge in [0.2, 0.25) is 5.91 Å². The van der Waals surface area contributed by atoms with Gasteiger partial charge in [0.05, 0.1) is 19.1 Å². The van der Waals surface area contributed by atoms with E-state index in [0.29, 0.717) is 5.75 Å². The number of ketones is 1. The summed E-state index contributed by atoms with van der Waals surface area (Å²) in [6.45, 7) is 0.952. The average molecular weight is 603 g/mol. The first-order valence-electron chi connectivity index (χ1n) is 12.8. The number of terminal acetylenes is 1. The van der Waals surface area contributed by atoms with Crippen LogP contribution < -0.4 is 9.61 Å². The average Bonchev–Trinajstić information content (AvgIpc) is 3.17. The second kappa shape index (κ2) is 12.4. The molecule has 1 unspecified atom stereocenters. The Morgan fingerprint density at radius 2 is 1.98 bits per heavy atom. The summed E-state index contributed by atoms with van der Waals surface area (Å²) < 4.78 is 23.3. The molecule has 218 valence electrons. The Bertz CT molecular complexity index is 1450. The van der Waals surface area contributed by atoms with Crippen molar-refractivity contribution in [1.82, 2.24) is 9.99 Å². The molecule has 2 heterocycles. The molecule has 41 heavy (non-hydrogen) atoms. The van der Waals surface area contributed by atoms with Gasteiger partial charge in [-0.2, -0.15) is 0 Å². The van der Waals surface area contributed by atoms with Crippen molar-refractivity contribution in [3.8, 4) is 18.1 Å². The maximum Gasteiger partial charge on any atom is 0.323 e. The molecule has 13 heteroatoms. The predicted molar refractivity (Wildman–Crippen MR) is 153 cm³/mol. The number of fused-ring (bicyclic) bond motifs is 1. The van der Waals surface area contributed by atoms with Crippen LogP contribution in [0.1, 0.15) is 27.2 Å². The number of rotatable bonds is 10. The van der Waals surface area contributed by atoms with Crippen molar-refractivity contribution in [2.24, 2.45) is 0 Å². The number of nitrogens with zero attached hydrogens (tertiary/aromatic N) is 1. The molecule has 0 spiro atoms. The number of carbonyl (C=O) groups is 3. The van der Waals surface area contributed by atoms with Crippen LogP contribution in [0, 0.1) is 12.3 Å². The number of carbonyl (C=O) groups excluding carboxylic acids is 3. The molecule has 2 aliphatic rings. The molecule has 0 saturated carbocycles. The number of ether oxygens (including phenoxy) is 2. The SMILES string of the molecule is C#C[C@@]1(O)[C@H](O)[C@@H](COP(=S)(N[C@@H](C)C(=O)OC(C)C)Oc2cccc3ccccc23)O[C@H]1N1C=CC(=O)CC1=O. The minimum Gasteiger partial charge on any atom is -0.462 e. The Morgan fingerprint density at radius 1 is 1.27 bits per heavy atom. The molecule has 2 aromatic carbocycles. The molecule has 1 saturated heterocycles. The number of aliphatic hydroxyl groups excluding tert-OH is 1. The molecule has 6 atom stereocenters. The van der Waals surface area contributed by atoms with Crippen molar-refractivity contribution in [3.63, 3.8) is 0 Å². The Kier molecular flexibility index (Phi) is 9.31. The monoisotopic (exact) mass is 602 g/mol. The van der Waals surface area contributed by atoms with Crippen LogP contribution in [0.4, 0.5) is 0 Å². The zero-order valence-electron chi connectivity index (χ0n) is 22.6. The molecule has 0 bridgehead atoms. The molecule has 2 aliphatic heterocycles. The van der Waals surface area contributed by atoms with Crippen molar-refractivity contribution in [2.45, 2.75) is 63.4 Å². The summed E-state index contributed by atoms with van der Waals surface area (Å²) in [5.41, 5.74) is -2.32. The van der Waals surface area contributed by atoms with E-state index in [0.717, 1.165) is 27.9 Å². The summed E-state index contributed by atoms with van der Waals surface area (Å²) >= 11 is 5.80. The highest BCUT2D eigenvalue weighted by Gasteiger charge is 2.58. The van der Waals surface area contributed by atoms with E-state index in [4.69, 9.17) is 36.8 Å². The van der Waals surface area contributed by atoms with Crippen molar-refractivity contribution < 1.29 is 43.1 Å². The fourth-order valence-corrected chi connectivity index (χ4v) is 6.80. The van der Waals surface area contributed by atoms with E-state index < -0.39 is 67.4 Å². The van der Waals surface area contributed by atoms with Crippen molar-refractivity contribution >= 4 is 46.9 Å². The van der Waals surface area contributed by atoms with Crippen LogP contribution in [0.3, 0.4) is 0 Å². The van der Waals surface area contributed by atoms with Gasteiger partial charge >= 0.3 is 12.6 Å². The third-order valence-corrected chi connectivity index (χ3v) is 8.92. The Labute approximate surface area is 242 Å². The quantitative estimate of drug-likeness (QED) is 0.159. The van der Waals surface area contributed by atoms with Gasteiger partial charge in [-0.25, -0.2) is 5.09 Å². The zero-order chi connectivity index (χ0) is 29.9. The van der Waals surface area contributed by atoms with Gasteiger partial charge in [-0.1, -0.05) is 42.3 Å². The van der Waals surface area contributed by atoms with Gasteiger partial charge in [0.15, 0.2) is 17.6 Å². The van der Waals surface area contributed by atoms with E-state index in [1.54, 1.807) is 32.9 Å². The molecular formula is C28H31N2O9PS. The number of aliphatic hydroxyl groups is 2. The van der Waals surface area contributed by atoms with Crippen molar-refractivity contribution in [2.75, 3.05) is 6.61 Å². The second-order valence-corrected chi connectivity index (χ2v) is 13.0. The number of hydrogen-bond acceptors (Lipinski definition) is 10. The van der Waals surface area contributed by atoms with Gasteiger partial charge in [-0.05, 0) is 50.1 Å². The van der Waals surface area contributed by atoms with Crippen LogP contribution in [0.2, 0.25) is 0 Å². The summed E-state index contributed by atoms with van der Waals surface area (Å²) in [6, 6.07) is 11.9. The minimum atomic E-state index is -3.58. The topological polar surface area (TPSA) is 144 Å². The third-order valence-electron chi connectivity index (χ3n) is 6.44. The summed E-state index contributed by atoms with van der Waals surface area (Å²) in [5, 5.41) is 26.6. The summed E-state index contributed by atoms with van der Waals surface area (Å²) in [4.78, 5) is 37.7. The highest BCUT2D eigenvalue weighted by atomic mass is 32.5. The molecule has 0 radical (unpaired) electrons. The predicted octanol–water partition coefficient (Wildman–Crippen LogP) is 2.15. The van der Waals surface area contributed by atoms with E-state index in [9.17, 15) is 24.6 Å². The smallest absolute Gasteiger partial charge is 0.323 e. The van der Waals surface area contributed by atoms with Crippen molar-refractivity contribution in [3.05, 3.63) is 54.7 Å². The van der Waals surface area contributed by atoms with Gasteiger partial charge in [-0.3, -0.25) is 19.3 Å². The van der Waals surface area contributed by atoms with Crippen LogP contribution >= 0.6 is 6.64 Å². The molecule has 1 fully saturated rings. The fraction of sp³-hybridized carbons (Fsp3) is 0.393. The first kappa shape index (κ1) is 30.8. The van der Waals surface area contributed by atoms with Gasteiger partial charge in [-0.15, -0.1) is 6.42 Å². The summed E-state index contributed by atoms with van der Waals surface area (Å²) in [6.07, 6.45) is 2.57. The lowest BCUT2D eigenvalue weighted by molar-refractivity contribution is -0.153. The third kappa shape index (κ3) is 6.68. The van der Waals surface area contributed by atoms with E-state index in [1.165, 1.54) is 0 Å². The van der Waals surface area contributed by atoms with Gasteiger partial charge in [0.25, 0.3) is 0 Å². The summed E-state index contributed by atoms with van der Waals surface area (Å²) in [7, 11) is 0. The zero-order valence-corrected chi connectivity index (χ0v) is 24.3. The van der Waals surface area contributed by atoms with Crippen LogP contribution in [0.15, 0.2) is 54.7 Å².